The summed E-state index contributed by atoms with van der Waals surface area (Å²) < 4.78 is 6.64. The molecule has 6 nitrogen and oxygen atoms in total. The molecule has 1 aliphatic heterocycles. The number of aryl methyl sites for hydroxylation is 1. The van der Waals surface area contributed by atoms with E-state index in [9.17, 15) is 4.79 Å². The lowest BCUT2D eigenvalue weighted by atomic mass is 10.0. The molecule has 146 valence electrons. The first kappa shape index (κ1) is 18.0. The van der Waals surface area contributed by atoms with Crippen LogP contribution in [0.15, 0.2) is 63.0 Å². The van der Waals surface area contributed by atoms with Crippen LogP contribution in [0.25, 0.3) is 10.2 Å². The molecule has 5 rings (SSSR count). The molecule has 1 aliphatic rings. The normalized spacial score (nSPS) is 14.7. The van der Waals surface area contributed by atoms with Crippen molar-refractivity contribution in [1.29, 1.82) is 0 Å². The minimum atomic E-state index is -0.107. The average Bonchev–Trinajstić information content (AvgIpc) is 3.35. The van der Waals surface area contributed by atoms with Gasteiger partial charge in [0.1, 0.15) is 16.4 Å². The molecule has 7 heteroatoms. The zero-order chi connectivity index (χ0) is 19.8. The Labute approximate surface area is 171 Å². The Morgan fingerprint density at radius 3 is 2.90 bits per heavy atom. The second-order valence-electron chi connectivity index (χ2n) is 7.17. The molecular weight excluding hydrogens is 384 g/mol. The third kappa shape index (κ3) is 3.43. The summed E-state index contributed by atoms with van der Waals surface area (Å²) in [5.74, 6) is 1.17. The van der Waals surface area contributed by atoms with Crippen molar-refractivity contribution in [2.45, 2.75) is 26.4 Å². The van der Waals surface area contributed by atoms with Gasteiger partial charge in [0, 0.05) is 24.5 Å². The zero-order valence-corrected chi connectivity index (χ0v) is 16.9. The molecule has 4 heterocycles. The maximum atomic E-state index is 13.2. The van der Waals surface area contributed by atoms with Crippen molar-refractivity contribution in [2.75, 3.05) is 6.54 Å². The fraction of sp³-hybridized carbons (Fsp3) is 0.227. The van der Waals surface area contributed by atoms with Gasteiger partial charge in [-0.25, -0.2) is 4.98 Å². The summed E-state index contributed by atoms with van der Waals surface area (Å²) in [6, 6.07) is 14.1. The van der Waals surface area contributed by atoms with E-state index in [4.69, 9.17) is 4.42 Å². The Kier molecular flexibility index (Phi) is 4.61. The summed E-state index contributed by atoms with van der Waals surface area (Å²) in [5, 5.41) is 5.03. The van der Waals surface area contributed by atoms with Crippen molar-refractivity contribution in [3.8, 4) is 0 Å². The Morgan fingerprint density at radius 1 is 1.24 bits per heavy atom. The molecule has 0 saturated heterocycles. The van der Waals surface area contributed by atoms with Crippen molar-refractivity contribution in [2.24, 2.45) is 5.10 Å². The third-order valence-corrected chi connectivity index (χ3v) is 6.30. The number of aromatic nitrogens is 2. The van der Waals surface area contributed by atoms with Crippen LogP contribution in [0, 0.1) is 6.92 Å². The van der Waals surface area contributed by atoms with Crippen LogP contribution in [-0.2, 0) is 19.5 Å². The number of hydrogen-bond donors (Lipinski definition) is 0. The van der Waals surface area contributed by atoms with E-state index in [2.05, 4.69) is 39.3 Å². The highest BCUT2D eigenvalue weighted by Gasteiger charge is 2.24. The van der Waals surface area contributed by atoms with Crippen molar-refractivity contribution in [3.05, 3.63) is 86.7 Å². The molecule has 0 N–H and O–H groups in total. The van der Waals surface area contributed by atoms with E-state index in [-0.39, 0.29) is 5.56 Å². The number of thiophene rings is 1. The summed E-state index contributed by atoms with van der Waals surface area (Å²) in [4.78, 5) is 22.3. The summed E-state index contributed by atoms with van der Waals surface area (Å²) in [6.45, 7) is 4.50. The largest absolute Gasteiger partial charge is 0.463 e. The van der Waals surface area contributed by atoms with Crippen LogP contribution in [0.2, 0.25) is 0 Å². The Balaban J connectivity index is 1.49. The van der Waals surface area contributed by atoms with Crippen LogP contribution in [0.4, 0.5) is 0 Å². The first-order valence-electron chi connectivity index (χ1n) is 9.57. The molecule has 29 heavy (non-hydrogen) atoms. The van der Waals surface area contributed by atoms with Gasteiger partial charge in [-0.1, -0.05) is 30.3 Å². The minimum Gasteiger partial charge on any atom is -0.463 e. The molecule has 0 amide bonds. The van der Waals surface area contributed by atoms with Gasteiger partial charge in [-0.05, 0) is 36.6 Å². The number of benzene rings is 1. The summed E-state index contributed by atoms with van der Waals surface area (Å²) in [6.07, 6.45) is 3.97. The fourth-order valence-corrected chi connectivity index (χ4v) is 5.08. The lowest BCUT2D eigenvalue weighted by Crippen LogP contribution is -2.30. The Hall–Kier alpha value is -3.03. The smallest absolute Gasteiger partial charge is 0.283 e. The molecule has 3 aromatic heterocycles. The van der Waals surface area contributed by atoms with Gasteiger partial charge in [0.15, 0.2) is 0 Å². The summed E-state index contributed by atoms with van der Waals surface area (Å²) in [5.41, 5.74) is 2.33. The molecule has 0 bridgehead atoms. The number of fused-ring (bicyclic) bond motifs is 3. The lowest BCUT2D eigenvalue weighted by molar-refractivity contribution is 0.249. The van der Waals surface area contributed by atoms with Gasteiger partial charge < -0.3 is 4.42 Å². The van der Waals surface area contributed by atoms with Crippen molar-refractivity contribution in [3.63, 3.8) is 0 Å². The van der Waals surface area contributed by atoms with Crippen LogP contribution in [0.3, 0.4) is 0 Å². The van der Waals surface area contributed by atoms with Crippen molar-refractivity contribution >= 4 is 27.8 Å². The van der Waals surface area contributed by atoms with E-state index in [0.717, 1.165) is 36.4 Å². The summed E-state index contributed by atoms with van der Waals surface area (Å²) >= 11 is 1.63. The van der Waals surface area contributed by atoms with Gasteiger partial charge in [-0.3, -0.25) is 9.69 Å². The van der Waals surface area contributed by atoms with E-state index < -0.39 is 0 Å². The molecule has 0 spiro atoms. The summed E-state index contributed by atoms with van der Waals surface area (Å²) in [7, 11) is 0. The fourth-order valence-electron chi connectivity index (χ4n) is 3.78. The standard InChI is InChI=1S/C22H20N4O2S/c1-15-24-21-20(22(27)26(15)23-12-17-8-5-11-28-17)18-9-10-25(14-19(18)29-21)13-16-6-3-2-4-7-16/h2-8,11-12H,9-10,13-14H2,1H3/b23-12+. The number of nitrogens with zero attached hydrogens (tertiary/aromatic N) is 4. The molecule has 0 radical (unpaired) electrons. The van der Waals surface area contributed by atoms with Crippen LogP contribution in [0.1, 0.15) is 27.6 Å². The average molecular weight is 404 g/mol. The van der Waals surface area contributed by atoms with Crippen molar-refractivity contribution < 1.29 is 4.42 Å². The highest BCUT2D eigenvalue weighted by atomic mass is 32.1. The maximum Gasteiger partial charge on any atom is 0.283 e. The molecular formula is C22H20N4O2S. The monoisotopic (exact) mass is 404 g/mol. The van der Waals surface area contributed by atoms with E-state index in [1.54, 1.807) is 42.9 Å². The van der Waals surface area contributed by atoms with Gasteiger partial charge in [0.25, 0.3) is 5.56 Å². The van der Waals surface area contributed by atoms with Gasteiger partial charge >= 0.3 is 0 Å². The quantitative estimate of drug-likeness (QED) is 0.486. The lowest BCUT2D eigenvalue weighted by Gasteiger charge is -2.26. The second-order valence-corrected chi connectivity index (χ2v) is 8.25. The minimum absolute atomic E-state index is 0.107. The first-order chi connectivity index (χ1) is 14.2. The predicted octanol–water partition coefficient (Wildman–Crippen LogP) is 3.80. The highest BCUT2D eigenvalue weighted by molar-refractivity contribution is 7.18. The predicted molar refractivity (Wildman–Crippen MR) is 115 cm³/mol. The molecule has 1 aromatic carbocycles. The first-order valence-corrected chi connectivity index (χ1v) is 10.4. The molecule has 0 aliphatic carbocycles. The van der Waals surface area contributed by atoms with Crippen LogP contribution in [-0.4, -0.2) is 27.3 Å². The van der Waals surface area contributed by atoms with E-state index in [0.29, 0.717) is 17.0 Å². The molecule has 0 saturated carbocycles. The van der Waals surface area contributed by atoms with E-state index in [1.807, 2.05) is 6.07 Å². The maximum absolute atomic E-state index is 13.2. The molecule has 0 atom stereocenters. The third-order valence-electron chi connectivity index (χ3n) is 5.19. The van der Waals surface area contributed by atoms with Gasteiger partial charge in [-0.15, -0.1) is 11.3 Å². The van der Waals surface area contributed by atoms with Gasteiger partial charge in [0.05, 0.1) is 17.9 Å². The number of furan rings is 1. The van der Waals surface area contributed by atoms with Crippen molar-refractivity contribution in [1.82, 2.24) is 14.6 Å². The zero-order valence-electron chi connectivity index (χ0n) is 16.0. The SMILES string of the molecule is Cc1nc2sc3c(c2c(=O)n1/N=C/c1ccco1)CCN(Cc1ccccc1)C3. The van der Waals surface area contributed by atoms with Gasteiger partial charge in [-0.2, -0.15) is 9.78 Å². The topological polar surface area (TPSA) is 63.6 Å². The number of hydrogen-bond acceptors (Lipinski definition) is 6. The molecule has 0 fully saturated rings. The van der Waals surface area contributed by atoms with Crippen LogP contribution < -0.4 is 5.56 Å². The van der Waals surface area contributed by atoms with Crippen LogP contribution in [0.5, 0.6) is 0 Å². The second kappa shape index (κ2) is 7.42. The van der Waals surface area contributed by atoms with E-state index >= 15 is 0 Å². The number of rotatable bonds is 4. The van der Waals surface area contributed by atoms with E-state index in [1.165, 1.54) is 15.1 Å². The Bertz CT molecular complexity index is 1240. The highest BCUT2D eigenvalue weighted by Crippen LogP contribution is 2.33. The Morgan fingerprint density at radius 2 is 2.10 bits per heavy atom. The molecule has 0 unspecified atom stereocenters. The van der Waals surface area contributed by atoms with Gasteiger partial charge in [0.2, 0.25) is 0 Å². The van der Waals surface area contributed by atoms with Crippen LogP contribution >= 0.6 is 11.3 Å². The molecule has 4 aromatic rings.